The fourth-order valence-corrected chi connectivity index (χ4v) is 1.08. The van der Waals surface area contributed by atoms with E-state index in [1.165, 1.54) is 32.1 Å². The predicted octanol–water partition coefficient (Wildman–Crippen LogP) is 0.821. The van der Waals surface area contributed by atoms with Gasteiger partial charge in [-0.15, -0.1) is 0 Å². The van der Waals surface area contributed by atoms with Crippen LogP contribution in [0.25, 0.3) is 0 Å². The number of hydrogen-bond acceptors (Lipinski definition) is 0. The summed E-state index contributed by atoms with van der Waals surface area (Å²) in [5.74, 6) is 0.889. The molecule has 0 nitrogen and oxygen atoms in total. The molecular weight excluding hydrogens is 159 g/mol. The Hall–Kier alpha value is 1.64. The Balaban J connectivity index is 0. The summed E-state index contributed by atoms with van der Waals surface area (Å²) in [5.41, 5.74) is 0. The second-order valence-corrected chi connectivity index (χ2v) is 3.45. The number of rotatable bonds is 6. The van der Waals surface area contributed by atoms with Crippen LogP contribution in [-0.4, -0.2) is 0 Å². The van der Waals surface area contributed by atoms with Gasteiger partial charge in [-0.25, -0.2) is 0 Å². The summed E-state index contributed by atoms with van der Waals surface area (Å²) < 4.78 is 0. The normalized spacial score (nSPS) is 9.82. The summed E-state index contributed by atoms with van der Waals surface area (Å²) >= 11 is 0. The first-order valence-electron chi connectivity index (χ1n) is 4.56. The van der Waals surface area contributed by atoms with Crippen LogP contribution in [0.2, 0.25) is 0 Å². The average Bonchev–Trinajstić information content (AvgIpc) is 1.87. The second kappa shape index (κ2) is 11.6. The summed E-state index contributed by atoms with van der Waals surface area (Å²) in [7, 11) is 0. The molecule has 0 aliphatic carbocycles. The third kappa shape index (κ3) is 14.5. The van der Waals surface area contributed by atoms with Crippen molar-refractivity contribution in [3.63, 3.8) is 0 Å². The molecule has 62 valence electrons. The molecule has 0 saturated heterocycles. The van der Waals surface area contributed by atoms with Gasteiger partial charge in [-0.2, -0.15) is 6.42 Å². The van der Waals surface area contributed by atoms with Crippen molar-refractivity contribution >= 4 is 0 Å². The molecule has 0 amide bonds. The minimum absolute atomic E-state index is 0. The van der Waals surface area contributed by atoms with Crippen molar-refractivity contribution in [1.82, 2.24) is 0 Å². The van der Waals surface area contributed by atoms with Crippen molar-refractivity contribution < 1.29 is 51.4 Å². The zero-order valence-corrected chi connectivity index (χ0v) is 11.7. The zero-order valence-electron chi connectivity index (χ0n) is 8.53. The summed E-state index contributed by atoms with van der Waals surface area (Å²) in [4.78, 5) is 0. The molecule has 0 N–H and O–H groups in total. The van der Waals surface area contributed by atoms with Crippen LogP contribution >= 0.6 is 0 Å². The molecule has 0 rings (SSSR count). The van der Waals surface area contributed by atoms with E-state index < -0.39 is 0 Å². The van der Waals surface area contributed by atoms with Crippen molar-refractivity contribution in [2.75, 3.05) is 0 Å². The second-order valence-electron chi connectivity index (χ2n) is 3.45. The molecule has 0 aromatic heterocycles. The topological polar surface area (TPSA) is 0 Å². The zero-order chi connectivity index (χ0) is 7.82. The van der Waals surface area contributed by atoms with Crippen LogP contribution in [0.4, 0.5) is 0 Å². The van der Waals surface area contributed by atoms with Crippen molar-refractivity contribution in [1.29, 1.82) is 0 Å². The number of hydrogen-bond donors (Lipinski definition) is 0. The van der Waals surface area contributed by atoms with Gasteiger partial charge in [-0.3, -0.25) is 0 Å². The molecule has 0 spiro atoms. The molecule has 0 atom stereocenters. The van der Waals surface area contributed by atoms with E-state index in [2.05, 4.69) is 20.8 Å². The average molecular weight is 180 g/mol. The third-order valence-electron chi connectivity index (χ3n) is 1.78. The Morgan fingerprint density at radius 1 is 1.00 bits per heavy atom. The van der Waals surface area contributed by atoms with Gasteiger partial charge in [0.2, 0.25) is 0 Å². The van der Waals surface area contributed by atoms with Gasteiger partial charge in [0.05, 0.1) is 0 Å². The maximum atomic E-state index is 3.82. The molecular formula is C10H21K. The van der Waals surface area contributed by atoms with E-state index in [4.69, 9.17) is 0 Å². The van der Waals surface area contributed by atoms with Crippen LogP contribution in [0.15, 0.2) is 0 Å². The van der Waals surface area contributed by atoms with Crippen LogP contribution < -0.4 is 51.4 Å². The monoisotopic (exact) mass is 180 g/mol. The van der Waals surface area contributed by atoms with E-state index in [-0.39, 0.29) is 51.4 Å². The predicted molar refractivity (Wildman–Crippen MR) is 47.9 cm³/mol. The molecule has 0 aromatic rings. The molecule has 0 aromatic carbocycles. The minimum atomic E-state index is 0. The summed E-state index contributed by atoms with van der Waals surface area (Å²) in [6.07, 6.45) is 8.04. The van der Waals surface area contributed by atoms with Crippen LogP contribution in [0.5, 0.6) is 0 Å². The Morgan fingerprint density at radius 3 is 2.00 bits per heavy atom. The first kappa shape index (κ1) is 15.1. The summed E-state index contributed by atoms with van der Waals surface area (Å²) in [6.45, 7) is 8.40. The van der Waals surface area contributed by atoms with Crippen molar-refractivity contribution in [2.24, 2.45) is 5.92 Å². The van der Waals surface area contributed by atoms with E-state index in [1.54, 1.807) is 0 Å². The molecule has 0 bridgehead atoms. The molecule has 1 heteroatoms. The smallest absolute Gasteiger partial charge is 0.343 e. The van der Waals surface area contributed by atoms with E-state index in [1.807, 2.05) is 0 Å². The third-order valence-corrected chi connectivity index (χ3v) is 1.78. The van der Waals surface area contributed by atoms with E-state index in [0.717, 1.165) is 12.3 Å². The molecule has 0 aliphatic rings. The van der Waals surface area contributed by atoms with E-state index >= 15 is 0 Å². The molecule has 0 saturated carbocycles. The molecule has 0 radical (unpaired) electrons. The first-order valence-corrected chi connectivity index (χ1v) is 4.56. The van der Waals surface area contributed by atoms with Crippen molar-refractivity contribution in [2.45, 2.75) is 52.4 Å². The van der Waals surface area contributed by atoms with Gasteiger partial charge >= 0.3 is 51.4 Å². The van der Waals surface area contributed by atoms with Gasteiger partial charge in [0.1, 0.15) is 0 Å². The molecule has 0 aliphatic heterocycles. The maximum Gasteiger partial charge on any atom is 1.00 e. The quantitative estimate of drug-likeness (QED) is 0.322. The summed E-state index contributed by atoms with van der Waals surface area (Å²) in [6, 6.07) is 0. The fraction of sp³-hybridized carbons (Fsp3) is 0.900. The van der Waals surface area contributed by atoms with E-state index in [0.29, 0.717) is 0 Å². The Morgan fingerprint density at radius 2 is 1.55 bits per heavy atom. The SMILES string of the molecule is [CH2-]CCCCCCC(C)C.[K+]. The summed E-state index contributed by atoms with van der Waals surface area (Å²) in [5, 5.41) is 0. The van der Waals surface area contributed by atoms with Gasteiger partial charge in [0.15, 0.2) is 0 Å². The largest absolute Gasteiger partial charge is 1.00 e. The maximum absolute atomic E-state index is 3.82. The molecule has 0 fully saturated rings. The standard InChI is InChI=1S/C10H21.K/c1-4-5-6-7-8-9-10(2)3;/h10H,1,4-9H2,2-3H3;/q-1;+1. The van der Waals surface area contributed by atoms with Gasteiger partial charge in [0.25, 0.3) is 0 Å². The Kier molecular flexibility index (Phi) is 16.0. The van der Waals surface area contributed by atoms with Crippen LogP contribution in [0, 0.1) is 12.8 Å². The van der Waals surface area contributed by atoms with Crippen LogP contribution in [-0.2, 0) is 0 Å². The van der Waals surface area contributed by atoms with Gasteiger partial charge in [-0.05, 0) is 5.92 Å². The molecule has 0 heterocycles. The van der Waals surface area contributed by atoms with Gasteiger partial charge in [0, 0.05) is 0 Å². The van der Waals surface area contributed by atoms with Gasteiger partial charge in [-0.1, -0.05) is 46.0 Å². The van der Waals surface area contributed by atoms with Crippen LogP contribution in [0.1, 0.15) is 52.4 Å². The van der Waals surface area contributed by atoms with E-state index in [9.17, 15) is 0 Å². The van der Waals surface area contributed by atoms with Gasteiger partial charge < -0.3 is 6.92 Å². The molecule has 0 unspecified atom stereocenters. The minimum Gasteiger partial charge on any atom is -0.343 e. The Labute approximate surface area is 115 Å². The van der Waals surface area contributed by atoms with Crippen LogP contribution in [0.3, 0.4) is 0 Å². The fourth-order valence-electron chi connectivity index (χ4n) is 1.08. The van der Waals surface area contributed by atoms with Crippen molar-refractivity contribution in [3.05, 3.63) is 6.92 Å². The number of unbranched alkanes of at least 4 members (excludes halogenated alkanes) is 4. The molecule has 11 heavy (non-hydrogen) atoms. The Bertz CT molecular complexity index is 59.9. The van der Waals surface area contributed by atoms with Crippen molar-refractivity contribution in [3.8, 4) is 0 Å². The first-order chi connectivity index (χ1) is 4.77.